The highest BCUT2D eigenvalue weighted by Crippen LogP contribution is 2.21. The van der Waals surface area contributed by atoms with Crippen LogP contribution in [0.2, 0.25) is 0 Å². The summed E-state index contributed by atoms with van der Waals surface area (Å²) in [6.45, 7) is 9.52. The molecule has 1 aliphatic heterocycles. The Kier molecular flexibility index (Phi) is 10.6. The van der Waals surface area contributed by atoms with Crippen molar-refractivity contribution < 1.29 is 13.9 Å². The maximum atomic E-state index is 5.68. The molecule has 2 unspecified atom stereocenters. The van der Waals surface area contributed by atoms with Gasteiger partial charge in [0.15, 0.2) is 5.96 Å². The van der Waals surface area contributed by atoms with Gasteiger partial charge in [0.25, 0.3) is 0 Å². The fourth-order valence-corrected chi connectivity index (χ4v) is 2.83. The van der Waals surface area contributed by atoms with E-state index in [1.807, 2.05) is 12.1 Å². The Labute approximate surface area is 174 Å². The predicted molar refractivity (Wildman–Crippen MR) is 115 cm³/mol. The van der Waals surface area contributed by atoms with Crippen LogP contribution in [0.1, 0.15) is 39.4 Å². The Morgan fingerprint density at radius 3 is 2.77 bits per heavy atom. The standard InChI is InChI=1S/C19H33N3O3.HI/c1-19(2,3)17(23-4)14-22-18(21-13-16-8-6-12-25-16)20-10-9-15-7-5-11-24-15;/h5,7,11,16-17H,6,8-10,12-14H2,1-4H3,(H2,20,21,22);1H. The Balaban J connectivity index is 0.00000338. The number of halogens is 1. The van der Waals surface area contributed by atoms with Crippen molar-refractivity contribution in [2.75, 3.05) is 33.4 Å². The first kappa shape index (κ1) is 23.2. The van der Waals surface area contributed by atoms with Gasteiger partial charge in [-0.05, 0) is 30.4 Å². The predicted octanol–water partition coefficient (Wildman–Crippen LogP) is 3.22. The molecule has 2 atom stereocenters. The summed E-state index contributed by atoms with van der Waals surface area (Å²) in [5, 5.41) is 6.78. The lowest BCUT2D eigenvalue weighted by Gasteiger charge is -2.28. The van der Waals surface area contributed by atoms with E-state index in [-0.39, 0.29) is 41.6 Å². The summed E-state index contributed by atoms with van der Waals surface area (Å²) in [4.78, 5) is 4.72. The highest BCUT2D eigenvalue weighted by atomic mass is 127. The van der Waals surface area contributed by atoms with Crippen molar-refractivity contribution in [2.45, 2.75) is 52.2 Å². The lowest BCUT2D eigenvalue weighted by molar-refractivity contribution is 0.0241. The topological polar surface area (TPSA) is 68.0 Å². The first-order chi connectivity index (χ1) is 12.0. The number of guanidine groups is 1. The third kappa shape index (κ3) is 8.26. The number of hydrogen-bond acceptors (Lipinski definition) is 4. The van der Waals surface area contributed by atoms with E-state index < -0.39 is 0 Å². The fraction of sp³-hybridized carbons (Fsp3) is 0.737. The number of furan rings is 1. The van der Waals surface area contributed by atoms with E-state index in [0.29, 0.717) is 6.54 Å². The zero-order valence-electron chi connectivity index (χ0n) is 16.4. The second kappa shape index (κ2) is 11.8. The number of methoxy groups -OCH3 is 1. The molecule has 0 saturated carbocycles. The van der Waals surface area contributed by atoms with Gasteiger partial charge in [0.2, 0.25) is 0 Å². The Morgan fingerprint density at radius 1 is 1.38 bits per heavy atom. The molecule has 6 nitrogen and oxygen atoms in total. The molecule has 0 bridgehead atoms. The van der Waals surface area contributed by atoms with Crippen molar-refractivity contribution in [3.8, 4) is 0 Å². The molecule has 0 aromatic carbocycles. The zero-order valence-corrected chi connectivity index (χ0v) is 18.7. The normalized spacial score (nSPS) is 19.1. The van der Waals surface area contributed by atoms with E-state index in [4.69, 9.17) is 18.9 Å². The maximum Gasteiger partial charge on any atom is 0.191 e. The van der Waals surface area contributed by atoms with Crippen LogP contribution in [-0.4, -0.2) is 51.5 Å². The van der Waals surface area contributed by atoms with Crippen LogP contribution in [0.3, 0.4) is 0 Å². The number of rotatable bonds is 8. The minimum Gasteiger partial charge on any atom is -0.469 e. The quantitative estimate of drug-likeness (QED) is 0.341. The maximum absolute atomic E-state index is 5.68. The van der Waals surface area contributed by atoms with Gasteiger partial charge in [-0.1, -0.05) is 20.8 Å². The Bertz CT molecular complexity index is 509. The number of ether oxygens (including phenoxy) is 2. The second-order valence-electron chi connectivity index (χ2n) is 7.55. The van der Waals surface area contributed by atoms with Crippen LogP contribution in [-0.2, 0) is 15.9 Å². The van der Waals surface area contributed by atoms with E-state index in [9.17, 15) is 0 Å². The van der Waals surface area contributed by atoms with E-state index in [1.165, 1.54) is 0 Å². The van der Waals surface area contributed by atoms with Crippen molar-refractivity contribution in [1.82, 2.24) is 10.6 Å². The summed E-state index contributed by atoms with van der Waals surface area (Å²) in [5.74, 6) is 1.77. The van der Waals surface area contributed by atoms with Gasteiger partial charge >= 0.3 is 0 Å². The lowest BCUT2D eigenvalue weighted by Crippen LogP contribution is -2.43. The molecule has 0 amide bonds. The average molecular weight is 479 g/mol. The number of nitrogens with one attached hydrogen (secondary N) is 2. The van der Waals surface area contributed by atoms with Crippen LogP contribution < -0.4 is 10.6 Å². The Morgan fingerprint density at radius 2 is 2.19 bits per heavy atom. The van der Waals surface area contributed by atoms with Crippen molar-refractivity contribution >= 4 is 29.9 Å². The molecule has 0 radical (unpaired) electrons. The fourth-order valence-electron chi connectivity index (χ4n) is 2.83. The third-order valence-electron chi connectivity index (χ3n) is 4.43. The summed E-state index contributed by atoms with van der Waals surface area (Å²) in [6.07, 6.45) is 5.11. The minimum absolute atomic E-state index is 0. The third-order valence-corrected chi connectivity index (χ3v) is 4.43. The zero-order chi connectivity index (χ0) is 18.1. The summed E-state index contributed by atoms with van der Waals surface area (Å²) >= 11 is 0. The van der Waals surface area contributed by atoms with E-state index in [0.717, 1.165) is 50.7 Å². The van der Waals surface area contributed by atoms with Crippen molar-refractivity contribution in [3.05, 3.63) is 24.2 Å². The molecule has 1 saturated heterocycles. The smallest absolute Gasteiger partial charge is 0.191 e. The van der Waals surface area contributed by atoms with Crippen LogP contribution in [0.25, 0.3) is 0 Å². The summed E-state index contributed by atoms with van der Waals surface area (Å²) in [6, 6.07) is 3.89. The molecule has 7 heteroatoms. The van der Waals surface area contributed by atoms with Gasteiger partial charge in [-0.2, -0.15) is 0 Å². The van der Waals surface area contributed by atoms with E-state index in [1.54, 1.807) is 13.4 Å². The molecule has 150 valence electrons. The summed E-state index contributed by atoms with van der Waals surface area (Å²) in [7, 11) is 1.75. The highest BCUT2D eigenvalue weighted by molar-refractivity contribution is 14.0. The van der Waals surface area contributed by atoms with Crippen molar-refractivity contribution in [2.24, 2.45) is 10.4 Å². The van der Waals surface area contributed by atoms with Crippen molar-refractivity contribution in [1.29, 1.82) is 0 Å². The molecule has 1 aromatic rings. The van der Waals surface area contributed by atoms with Gasteiger partial charge in [0.1, 0.15) is 5.76 Å². The lowest BCUT2D eigenvalue weighted by atomic mass is 9.89. The molecule has 0 aliphatic carbocycles. The molecule has 2 N–H and O–H groups in total. The molecule has 2 rings (SSSR count). The minimum atomic E-state index is 0. The molecule has 1 aromatic heterocycles. The first-order valence-corrected chi connectivity index (χ1v) is 9.18. The van der Waals surface area contributed by atoms with Gasteiger partial charge in [-0.3, -0.25) is 4.99 Å². The van der Waals surface area contributed by atoms with E-state index in [2.05, 4.69) is 31.4 Å². The van der Waals surface area contributed by atoms with Gasteiger partial charge in [-0.25, -0.2) is 0 Å². The van der Waals surface area contributed by atoms with Crippen LogP contribution in [0.15, 0.2) is 27.8 Å². The monoisotopic (exact) mass is 479 g/mol. The SMILES string of the molecule is COC(CN=C(NCCc1ccco1)NCC1CCCO1)C(C)(C)C.I. The van der Waals surface area contributed by atoms with Gasteiger partial charge < -0.3 is 24.5 Å². The van der Waals surface area contributed by atoms with Crippen LogP contribution in [0.4, 0.5) is 0 Å². The molecule has 1 aliphatic rings. The van der Waals surface area contributed by atoms with Crippen LogP contribution >= 0.6 is 24.0 Å². The van der Waals surface area contributed by atoms with Crippen LogP contribution in [0.5, 0.6) is 0 Å². The van der Waals surface area contributed by atoms with Gasteiger partial charge in [-0.15, -0.1) is 24.0 Å². The second-order valence-corrected chi connectivity index (χ2v) is 7.55. The van der Waals surface area contributed by atoms with Crippen LogP contribution in [0, 0.1) is 5.41 Å². The van der Waals surface area contributed by atoms with E-state index >= 15 is 0 Å². The van der Waals surface area contributed by atoms with Gasteiger partial charge in [0, 0.05) is 33.2 Å². The number of nitrogens with zero attached hydrogens (tertiary/aromatic N) is 1. The van der Waals surface area contributed by atoms with Crippen molar-refractivity contribution in [3.63, 3.8) is 0 Å². The molecule has 0 spiro atoms. The molecular formula is C19H34IN3O3. The number of hydrogen-bond donors (Lipinski definition) is 2. The average Bonchev–Trinajstić information content (AvgIpc) is 3.24. The largest absolute Gasteiger partial charge is 0.469 e. The summed E-state index contributed by atoms with van der Waals surface area (Å²) < 4.78 is 16.7. The Hall–Kier alpha value is -0.800. The molecule has 2 heterocycles. The summed E-state index contributed by atoms with van der Waals surface area (Å²) in [5.41, 5.74) is 0.0477. The number of aliphatic imine (C=N–C) groups is 1. The molecule has 1 fully saturated rings. The molecular weight excluding hydrogens is 445 g/mol. The van der Waals surface area contributed by atoms with Gasteiger partial charge in [0.05, 0.1) is 25.0 Å². The first-order valence-electron chi connectivity index (χ1n) is 9.18. The highest BCUT2D eigenvalue weighted by Gasteiger charge is 2.24. The molecule has 26 heavy (non-hydrogen) atoms.